The van der Waals surface area contributed by atoms with Gasteiger partial charge in [-0.2, -0.15) is 4.98 Å². The fourth-order valence-corrected chi connectivity index (χ4v) is 4.57. The van der Waals surface area contributed by atoms with Crippen molar-refractivity contribution in [1.82, 2.24) is 25.3 Å². The topological polar surface area (TPSA) is 74.5 Å². The minimum Gasteiger partial charge on any atom is -0.339 e. The number of hydrogen-bond donors (Lipinski definition) is 1. The Morgan fingerprint density at radius 1 is 1.42 bits per heavy atom. The monoisotopic (exact) mass is 333 g/mol. The molecule has 7 nitrogen and oxygen atoms in total. The Morgan fingerprint density at radius 2 is 2.29 bits per heavy atom. The predicted octanol–water partition coefficient (Wildman–Crippen LogP) is 1.57. The number of nitrogens with one attached hydrogen (secondary N) is 1. The summed E-state index contributed by atoms with van der Waals surface area (Å²) in [5.74, 6) is 2.56. The van der Waals surface area contributed by atoms with E-state index in [4.69, 9.17) is 9.51 Å². The minimum atomic E-state index is 0.0351. The molecule has 1 aromatic heterocycles. The number of rotatable bonds is 5. The van der Waals surface area contributed by atoms with Gasteiger partial charge in [-0.3, -0.25) is 0 Å². The molecule has 1 saturated carbocycles. The summed E-state index contributed by atoms with van der Waals surface area (Å²) in [4.78, 5) is 20.8. The zero-order valence-electron chi connectivity index (χ0n) is 14.6. The number of nitrogens with zero attached hydrogens (tertiary/aromatic N) is 4. The number of fused-ring (bicyclic) bond motifs is 1. The molecule has 2 amide bonds. The zero-order valence-corrected chi connectivity index (χ0v) is 14.6. The van der Waals surface area contributed by atoms with Gasteiger partial charge in [-0.15, -0.1) is 0 Å². The SMILES string of the molecule is CC(C)c1noc([C@@]23CCC[C@@H]2CN(CCN2CCNC2=O)C3)n1. The lowest BCUT2D eigenvalue weighted by molar-refractivity contribution is 0.203. The van der Waals surface area contributed by atoms with Crippen LogP contribution in [-0.4, -0.2) is 65.2 Å². The van der Waals surface area contributed by atoms with E-state index in [2.05, 4.69) is 29.2 Å². The van der Waals surface area contributed by atoms with Gasteiger partial charge in [0.15, 0.2) is 5.82 Å². The van der Waals surface area contributed by atoms with Crippen LogP contribution in [0.15, 0.2) is 4.52 Å². The molecule has 3 fully saturated rings. The van der Waals surface area contributed by atoms with Crippen LogP contribution in [0, 0.1) is 5.92 Å². The normalized spacial score (nSPS) is 30.4. The second-order valence-electron chi connectivity index (χ2n) is 7.81. The van der Waals surface area contributed by atoms with Gasteiger partial charge in [-0.1, -0.05) is 25.4 Å². The first kappa shape index (κ1) is 15.9. The van der Waals surface area contributed by atoms with Gasteiger partial charge in [0.2, 0.25) is 5.89 Å². The smallest absolute Gasteiger partial charge is 0.317 e. The Hall–Kier alpha value is -1.63. The summed E-state index contributed by atoms with van der Waals surface area (Å²) in [6, 6.07) is 0.0718. The van der Waals surface area contributed by atoms with Gasteiger partial charge in [0.1, 0.15) is 0 Å². The van der Waals surface area contributed by atoms with E-state index in [1.54, 1.807) is 0 Å². The molecular formula is C17H27N5O2. The molecule has 1 aliphatic carbocycles. The largest absolute Gasteiger partial charge is 0.339 e. The van der Waals surface area contributed by atoms with Crippen LogP contribution in [0.5, 0.6) is 0 Å². The Morgan fingerprint density at radius 3 is 3.00 bits per heavy atom. The molecule has 0 radical (unpaired) electrons. The lowest BCUT2D eigenvalue weighted by Crippen LogP contribution is -2.38. The Kier molecular flexibility index (Phi) is 3.98. The number of carbonyl (C=O) groups is 1. The van der Waals surface area contributed by atoms with Crippen LogP contribution in [0.3, 0.4) is 0 Å². The molecule has 2 saturated heterocycles. The van der Waals surface area contributed by atoms with Crippen molar-refractivity contribution >= 4 is 6.03 Å². The van der Waals surface area contributed by atoms with Crippen LogP contribution in [-0.2, 0) is 5.41 Å². The summed E-state index contributed by atoms with van der Waals surface area (Å²) in [5, 5.41) is 7.06. The van der Waals surface area contributed by atoms with Crippen molar-refractivity contribution in [3.05, 3.63) is 11.7 Å². The lowest BCUT2D eigenvalue weighted by atomic mass is 9.80. The number of urea groups is 1. The molecule has 7 heteroatoms. The Labute approximate surface area is 142 Å². The summed E-state index contributed by atoms with van der Waals surface area (Å²) < 4.78 is 5.70. The van der Waals surface area contributed by atoms with Crippen LogP contribution in [0.25, 0.3) is 0 Å². The number of likely N-dealkylation sites (tertiary alicyclic amines) is 1. The van der Waals surface area contributed by atoms with E-state index < -0.39 is 0 Å². The van der Waals surface area contributed by atoms with Crippen molar-refractivity contribution in [2.45, 2.75) is 44.4 Å². The number of aromatic nitrogens is 2. The molecule has 0 aromatic carbocycles. The van der Waals surface area contributed by atoms with Crippen molar-refractivity contribution < 1.29 is 9.32 Å². The molecule has 4 rings (SSSR count). The summed E-state index contributed by atoms with van der Waals surface area (Å²) >= 11 is 0. The third-order valence-corrected chi connectivity index (χ3v) is 5.96. The van der Waals surface area contributed by atoms with Crippen LogP contribution >= 0.6 is 0 Å². The van der Waals surface area contributed by atoms with Gasteiger partial charge >= 0.3 is 6.03 Å². The van der Waals surface area contributed by atoms with Gasteiger partial charge in [0.05, 0.1) is 5.41 Å². The first-order valence-corrected chi connectivity index (χ1v) is 9.18. The van der Waals surface area contributed by atoms with Crippen molar-refractivity contribution in [2.75, 3.05) is 39.3 Å². The summed E-state index contributed by atoms with van der Waals surface area (Å²) in [6.45, 7) is 9.57. The maximum atomic E-state index is 11.7. The van der Waals surface area contributed by atoms with E-state index in [0.29, 0.717) is 11.8 Å². The van der Waals surface area contributed by atoms with Gasteiger partial charge in [0, 0.05) is 45.2 Å². The Bertz CT molecular complexity index is 616. The maximum Gasteiger partial charge on any atom is 0.317 e. The lowest BCUT2D eigenvalue weighted by Gasteiger charge is -2.25. The van der Waals surface area contributed by atoms with Crippen molar-refractivity contribution in [3.8, 4) is 0 Å². The predicted molar refractivity (Wildman–Crippen MR) is 88.8 cm³/mol. The van der Waals surface area contributed by atoms with E-state index in [-0.39, 0.29) is 11.4 Å². The second-order valence-corrected chi connectivity index (χ2v) is 7.81. The number of hydrogen-bond acceptors (Lipinski definition) is 5. The van der Waals surface area contributed by atoms with E-state index in [1.165, 1.54) is 12.8 Å². The van der Waals surface area contributed by atoms with Gasteiger partial charge in [0.25, 0.3) is 0 Å². The standard InChI is InChI=1S/C17H27N5O2/c1-12(2)14-19-15(24-20-14)17-5-3-4-13(17)10-21(11-17)8-9-22-7-6-18-16(22)23/h12-13H,3-11H2,1-2H3,(H,18,23)/t13-,17-/m1/s1. The fraction of sp³-hybridized carbons (Fsp3) is 0.824. The summed E-state index contributed by atoms with van der Waals surface area (Å²) in [5.41, 5.74) is 0.0351. The molecule has 24 heavy (non-hydrogen) atoms. The highest BCUT2D eigenvalue weighted by Gasteiger charge is 2.54. The van der Waals surface area contributed by atoms with E-state index in [9.17, 15) is 4.79 Å². The van der Waals surface area contributed by atoms with Crippen LogP contribution in [0.1, 0.15) is 50.7 Å². The molecule has 2 aliphatic heterocycles. The van der Waals surface area contributed by atoms with Crippen molar-refractivity contribution in [1.29, 1.82) is 0 Å². The van der Waals surface area contributed by atoms with Crippen molar-refractivity contribution in [3.63, 3.8) is 0 Å². The van der Waals surface area contributed by atoms with Crippen molar-refractivity contribution in [2.24, 2.45) is 5.92 Å². The molecule has 132 valence electrons. The quantitative estimate of drug-likeness (QED) is 0.885. The van der Waals surface area contributed by atoms with Gasteiger partial charge in [-0.05, 0) is 18.8 Å². The first-order valence-electron chi connectivity index (χ1n) is 9.18. The summed E-state index contributed by atoms with van der Waals surface area (Å²) in [6.07, 6.45) is 3.62. The molecule has 2 atom stereocenters. The average Bonchev–Trinajstić information content (AvgIpc) is 3.28. The van der Waals surface area contributed by atoms with Crippen LogP contribution in [0.4, 0.5) is 4.79 Å². The summed E-state index contributed by atoms with van der Waals surface area (Å²) in [7, 11) is 0. The molecule has 0 unspecified atom stereocenters. The highest BCUT2D eigenvalue weighted by atomic mass is 16.5. The van der Waals surface area contributed by atoms with Crippen LogP contribution < -0.4 is 5.32 Å². The molecule has 3 aliphatic rings. The Balaban J connectivity index is 1.45. The molecule has 0 spiro atoms. The zero-order chi connectivity index (χ0) is 16.7. The highest BCUT2D eigenvalue weighted by molar-refractivity contribution is 5.76. The van der Waals surface area contributed by atoms with Crippen LogP contribution in [0.2, 0.25) is 0 Å². The first-order chi connectivity index (χ1) is 11.6. The maximum absolute atomic E-state index is 11.7. The minimum absolute atomic E-state index is 0.0351. The van der Waals surface area contributed by atoms with Gasteiger partial charge in [-0.25, -0.2) is 4.79 Å². The molecule has 0 bridgehead atoms. The fourth-order valence-electron chi connectivity index (χ4n) is 4.57. The van der Waals surface area contributed by atoms with Gasteiger partial charge < -0.3 is 19.6 Å². The number of carbonyl (C=O) groups excluding carboxylic acids is 1. The third-order valence-electron chi connectivity index (χ3n) is 5.96. The molecular weight excluding hydrogens is 306 g/mol. The number of amides is 2. The van der Waals surface area contributed by atoms with E-state index in [1.807, 2.05) is 4.90 Å². The van der Waals surface area contributed by atoms with E-state index >= 15 is 0 Å². The second kappa shape index (κ2) is 6.02. The third kappa shape index (κ3) is 2.59. The molecule has 1 aromatic rings. The average molecular weight is 333 g/mol. The highest BCUT2D eigenvalue weighted by Crippen LogP contribution is 2.49. The molecule has 1 N–H and O–H groups in total. The van der Waals surface area contributed by atoms with E-state index in [0.717, 1.165) is 57.4 Å². The molecule has 3 heterocycles.